The molecule has 6 aromatic carbocycles. The average molecular weight is 1750 g/mol. The number of ether oxygens (including phenoxy) is 6. The number of benzene rings is 6. The van der Waals surface area contributed by atoms with Crippen molar-refractivity contribution in [3.05, 3.63) is 141 Å². The van der Waals surface area contributed by atoms with E-state index in [-0.39, 0.29) is 103 Å². The van der Waals surface area contributed by atoms with Gasteiger partial charge in [-0.2, -0.15) is 0 Å². The van der Waals surface area contributed by atoms with Crippen LogP contribution in [0.5, 0.6) is 46.0 Å². The molecule has 7 heterocycles. The summed E-state index contributed by atoms with van der Waals surface area (Å²) in [6.45, 7) is 8.37. The Morgan fingerprint density at radius 2 is 1.31 bits per heavy atom. The summed E-state index contributed by atoms with van der Waals surface area (Å²) in [5.74, 6) is -16.1. The number of amides is 7. The highest BCUT2D eigenvalue weighted by Gasteiger charge is 2.53. The molecule has 17 rings (SSSR count). The maximum atomic E-state index is 16.8. The first kappa shape index (κ1) is 90.2. The molecule has 0 unspecified atom stereocenters. The van der Waals surface area contributed by atoms with Crippen LogP contribution in [-0.4, -0.2) is 179 Å². The number of urea groups is 1. The number of ketones is 3. The highest BCUT2D eigenvalue weighted by atomic mass is 35.5. The van der Waals surface area contributed by atoms with Gasteiger partial charge in [-0.15, -0.1) is 0 Å². The Balaban J connectivity index is 0.955. The molecule has 6 fully saturated rings. The molecule has 15 bridgehead atoms. The van der Waals surface area contributed by atoms with Crippen molar-refractivity contribution in [1.29, 1.82) is 0 Å². The molecule has 7 amide bonds. The standard InChI is InChI=1S/C90H106Cl2N8O24/c1-6-9-21-94-51-14-16-52(17-15-51)95-89(118)96-70(108)33-50-30-62(105)75(99-84(114)43(8-3)10-7-2)77(109)45-12-19-65(58(91)28-45)120-67-31-49-32-68(81(67)124-88-82(80(112)79(111)69(39-101)122-88)123-71-38-90(5,93)83(113)40(4)119-71)121-66-20-13-46(29-59(66)92)78(110)76-87(117)98-74(64(107)36-54-47-23-41-22-42(25-47)26-48(54)24-41)57-34-53(102)35-61(104)72(57)56-27-44(11-18-60(56)103)55(86(116)100-76)37-63(106)73(49)97-85(50)115/h11-20,27-29,31-32,34-35,40-43,47-48,50,54-55,69,71,73-80,82-83,88,94,101-104,109-113H,6-10,21-26,30,33,36-39,93H2,1-5H3,(H,97,115)(H,98,117)(H,99,114)(H,100,116)(H2,95,96,108,118)/t40-,41?,42?,43+,47?,48?,50-,54?,55+,69+,71-,73+,74-,75-,76-,77+,78+,79+,80-,82+,83+,88-,90-/m0/s1. The maximum Gasteiger partial charge on any atom is 0.325 e. The molecule has 18 N–H and O–H groups in total. The first-order valence-electron chi connectivity index (χ1n) is 42.4. The number of unbranched alkanes of at least 4 members (excludes halogenated alkanes) is 1. The number of carbonyl (C=O) groups excluding carboxylic acids is 9. The smallest absolute Gasteiger partial charge is 0.325 e. The summed E-state index contributed by atoms with van der Waals surface area (Å²) in [6.07, 6.45) is -13.2. The SMILES string of the molecule is CCCCNc1ccc(NC(=O)NC(=O)C[C@@H]2CC(=O)[C@H](NC(=O)[C@H](CC)CCC)[C@H](O)c3ccc(c(Cl)c3)Oc3cc4cc(c3O[C@@H]3O[C@H](CO)[C@@H](O)[C@H](O)[C@H]3O[C@H]3C[C@](C)(N)[C@H](O)[C@H](C)O3)Oc3ccc(cc3Cl)[C@@H](O)[C@@H]3NC(=O)[C@H](CC(=O)[C@@H]4NC2=O)c2ccc(O)c(c2)-c2c(O)cc(O)cc2[C@@H](C(=O)CC2C4CC5CC(C4)CC2C5)NC3=O)cc1. The first-order chi connectivity index (χ1) is 59.2. The predicted molar refractivity (Wildman–Crippen MR) is 449 cm³/mol. The van der Waals surface area contributed by atoms with Crippen LogP contribution in [0.15, 0.2) is 103 Å². The Labute approximate surface area is 724 Å². The van der Waals surface area contributed by atoms with Gasteiger partial charge in [0, 0.05) is 78.7 Å². The molecule has 4 saturated carbocycles. The number of anilines is 2. The second-order valence-electron chi connectivity index (χ2n) is 34.5. The van der Waals surface area contributed by atoms with Gasteiger partial charge < -0.3 is 112 Å². The number of imide groups is 1. The largest absolute Gasteiger partial charge is 0.508 e. The van der Waals surface area contributed by atoms with Gasteiger partial charge in [-0.1, -0.05) is 75.0 Å². The number of halogens is 2. The van der Waals surface area contributed by atoms with Gasteiger partial charge in [-0.3, -0.25) is 43.7 Å². The predicted octanol–water partition coefficient (Wildman–Crippen LogP) is 9.30. The Hall–Kier alpha value is -10.1. The van der Waals surface area contributed by atoms with Crippen molar-refractivity contribution in [3.8, 4) is 57.1 Å². The van der Waals surface area contributed by atoms with Crippen LogP contribution in [0.3, 0.4) is 0 Å². The van der Waals surface area contributed by atoms with Gasteiger partial charge in [0.25, 0.3) is 0 Å². The molecule has 6 aromatic rings. The van der Waals surface area contributed by atoms with Crippen LogP contribution in [-0.2, 0) is 52.6 Å². The van der Waals surface area contributed by atoms with E-state index in [1.54, 1.807) is 31.2 Å². The summed E-state index contributed by atoms with van der Waals surface area (Å²) >= 11 is 14.6. The quantitative estimate of drug-likeness (QED) is 0.0316. The van der Waals surface area contributed by atoms with Crippen LogP contribution in [0.4, 0.5) is 16.2 Å². The molecule has 11 aliphatic rings. The Morgan fingerprint density at radius 3 is 1.94 bits per heavy atom. The number of fused-ring (bicyclic) bond motifs is 15. The van der Waals surface area contributed by atoms with Gasteiger partial charge in [-0.05, 0) is 201 Å². The monoisotopic (exact) mass is 1750 g/mol. The van der Waals surface area contributed by atoms with Crippen molar-refractivity contribution in [1.82, 2.24) is 26.6 Å². The van der Waals surface area contributed by atoms with E-state index in [1.807, 2.05) is 13.8 Å². The number of phenolic OH excluding ortho intramolecular Hbond substituents is 3. The zero-order valence-corrected chi connectivity index (χ0v) is 70.5. The normalized spacial score (nSPS) is 30.6. The molecule has 4 aliphatic carbocycles. The van der Waals surface area contributed by atoms with Crippen molar-refractivity contribution < 1.29 is 118 Å². The first-order valence-corrected chi connectivity index (χ1v) is 43.1. The average Bonchev–Trinajstić information content (AvgIpc) is 0.771. The van der Waals surface area contributed by atoms with Gasteiger partial charge in [0.1, 0.15) is 83.4 Å². The number of rotatable bonds is 20. The van der Waals surface area contributed by atoms with Gasteiger partial charge >= 0.3 is 6.03 Å². The molecule has 0 aromatic heterocycles. The molecule has 2 saturated heterocycles. The number of Topliss-reactive ketones (excluding diaryl/α,β-unsaturated/α-hetero) is 3. The topological polar surface area (TPSA) is 501 Å². The Kier molecular flexibility index (Phi) is 27.6. The van der Waals surface area contributed by atoms with E-state index in [9.17, 15) is 60.3 Å². The Bertz CT molecular complexity index is 5030. The minimum absolute atomic E-state index is 0.0798. The summed E-state index contributed by atoms with van der Waals surface area (Å²) in [4.78, 5) is 139. The van der Waals surface area contributed by atoms with Crippen LogP contribution in [0.1, 0.15) is 189 Å². The van der Waals surface area contributed by atoms with E-state index >= 15 is 28.8 Å². The number of hydrogen-bond donors (Lipinski definition) is 17. The van der Waals surface area contributed by atoms with Gasteiger partial charge in [0.2, 0.25) is 41.6 Å². The fourth-order valence-corrected chi connectivity index (χ4v) is 19.7. The highest BCUT2D eigenvalue weighted by Crippen LogP contribution is 2.59. The number of hydrogen-bond acceptors (Lipinski definition) is 26. The molecule has 32 nitrogen and oxygen atoms in total. The van der Waals surface area contributed by atoms with Crippen LogP contribution >= 0.6 is 23.2 Å². The van der Waals surface area contributed by atoms with Crippen molar-refractivity contribution in [2.24, 2.45) is 47.2 Å². The lowest BCUT2D eigenvalue weighted by Gasteiger charge is -2.54. The molecule has 124 heavy (non-hydrogen) atoms. The molecule has 18 atom stereocenters. The summed E-state index contributed by atoms with van der Waals surface area (Å²) in [5, 5.41) is 125. The van der Waals surface area contributed by atoms with Crippen molar-refractivity contribution >= 4 is 87.5 Å². The van der Waals surface area contributed by atoms with Crippen molar-refractivity contribution in [2.75, 3.05) is 23.8 Å². The van der Waals surface area contributed by atoms with E-state index < -0.39 is 222 Å². The molecule has 7 aliphatic heterocycles. The third kappa shape index (κ3) is 19.5. The minimum Gasteiger partial charge on any atom is -0.508 e. The van der Waals surface area contributed by atoms with E-state index in [4.69, 9.17) is 57.4 Å². The summed E-state index contributed by atoms with van der Waals surface area (Å²) in [5.41, 5.74) is 4.52. The molecular weight excluding hydrogens is 1650 g/mol. The van der Waals surface area contributed by atoms with Crippen LogP contribution < -0.4 is 57.2 Å². The van der Waals surface area contributed by atoms with Crippen molar-refractivity contribution in [3.63, 3.8) is 0 Å². The minimum atomic E-state index is -2.25. The van der Waals surface area contributed by atoms with Crippen molar-refractivity contribution in [2.45, 2.75) is 228 Å². The summed E-state index contributed by atoms with van der Waals surface area (Å²) < 4.78 is 39.2. The van der Waals surface area contributed by atoms with Gasteiger partial charge in [-0.25, -0.2) is 4.79 Å². The third-order valence-corrected chi connectivity index (χ3v) is 26.3. The molecule has 34 heteroatoms. The van der Waals surface area contributed by atoms with E-state index in [1.165, 1.54) is 62.4 Å². The molecule has 0 spiro atoms. The number of nitrogens with two attached hydrogens (primary N) is 1. The molecule has 0 radical (unpaired) electrons. The second kappa shape index (κ2) is 38.0. The number of nitrogens with one attached hydrogen (secondary N) is 7. The fraction of sp³-hybridized carbons (Fsp3) is 0.500. The van der Waals surface area contributed by atoms with Crippen LogP contribution in [0.2, 0.25) is 10.0 Å². The number of aliphatic hydroxyl groups is 6. The number of aromatic hydroxyl groups is 3. The van der Waals surface area contributed by atoms with E-state index in [2.05, 4.69) is 37.2 Å². The fourth-order valence-electron chi connectivity index (χ4n) is 19.3. The lowest BCUT2D eigenvalue weighted by Crippen LogP contribution is -2.64. The lowest BCUT2D eigenvalue weighted by molar-refractivity contribution is -0.333. The molecule has 664 valence electrons. The highest BCUT2D eigenvalue weighted by molar-refractivity contribution is 6.32. The van der Waals surface area contributed by atoms with E-state index in [0.29, 0.717) is 31.2 Å². The summed E-state index contributed by atoms with van der Waals surface area (Å²) in [6, 6.07) is 12.6. The zero-order valence-electron chi connectivity index (χ0n) is 69.0. The number of phenols is 3. The van der Waals surface area contributed by atoms with Gasteiger partial charge in [0.15, 0.2) is 41.2 Å². The van der Waals surface area contributed by atoms with Crippen LogP contribution in [0, 0.1) is 41.4 Å². The summed E-state index contributed by atoms with van der Waals surface area (Å²) in [7, 11) is 0. The second-order valence-corrected chi connectivity index (χ2v) is 35.4. The third-order valence-electron chi connectivity index (χ3n) is 25.7. The van der Waals surface area contributed by atoms with Gasteiger partial charge in [0.05, 0.1) is 40.7 Å². The number of carbonyl (C=O) groups is 9. The number of aliphatic hydroxyl groups excluding tert-OH is 6. The maximum absolute atomic E-state index is 16.8. The Morgan fingerprint density at radius 1 is 0.669 bits per heavy atom. The van der Waals surface area contributed by atoms with Crippen LogP contribution in [0.25, 0.3) is 11.1 Å². The molecular formula is C90H106Cl2N8O24. The van der Waals surface area contributed by atoms with E-state index in [0.717, 1.165) is 81.0 Å². The zero-order chi connectivity index (χ0) is 88.6. The lowest BCUT2D eigenvalue weighted by atomic mass is 9.51.